The Morgan fingerprint density at radius 1 is 1.35 bits per heavy atom. The van der Waals surface area contributed by atoms with Crippen LogP contribution in [0.3, 0.4) is 0 Å². The third kappa shape index (κ3) is 1.84. The summed E-state index contributed by atoms with van der Waals surface area (Å²) in [5, 5.41) is 17.7. The molecule has 0 aliphatic carbocycles. The van der Waals surface area contributed by atoms with Gasteiger partial charge in [0.1, 0.15) is 5.82 Å². The fourth-order valence-electron chi connectivity index (χ4n) is 2.20. The first kappa shape index (κ1) is 10.5. The smallest absolute Gasteiger partial charge is 0.231 e. The number of rotatable bonds is 1. The van der Waals surface area contributed by atoms with Crippen LogP contribution in [-0.2, 0) is 0 Å². The van der Waals surface area contributed by atoms with Gasteiger partial charge < -0.3 is 10.0 Å². The molecular weight excluding hydrogens is 223 g/mol. The molecule has 6 heteroatoms. The molecule has 1 unspecified atom stereocenters. The number of fused-ring (bicyclic) bond motifs is 1. The average molecular weight is 236 g/mol. The molecule has 1 aliphatic rings. The second kappa shape index (κ2) is 3.96. The third-order valence-corrected chi connectivity index (χ3v) is 3.03. The highest BCUT2D eigenvalue weighted by atomic mass is 19.1. The van der Waals surface area contributed by atoms with E-state index >= 15 is 0 Å². The van der Waals surface area contributed by atoms with Gasteiger partial charge in [-0.15, -0.1) is 10.2 Å². The molecule has 90 valence electrons. The second-order valence-corrected chi connectivity index (χ2v) is 4.32. The van der Waals surface area contributed by atoms with Crippen molar-refractivity contribution in [1.29, 1.82) is 0 Å². The fraction of sp³-hybridized carbons (Fsp3) is 0.455. The van der Waals surface area contributed by atoms with E-state index in [2.05, 4.69) is 10.2 Å². The van der Waals surface area contributed by atoms with Gasteiger partial charge in [-0.25, -0.2) is 4.39 Å². The van der Waals surface area contributed by atoms with Crippen molar-refractivity contribution in [3.05, 3.63) is 24.1 Å². The predicted molar refractivity (Wildman–Crippen MR) is 60.4 cm³/mol. The monoisotopic (exact) mass is 236 g/mol. The number of halogens is 1. The van der Waals surface area contributed by atoms with Crippen LogP contribution < -0.4 is 4.90 Å². The molecule has 1 N–H and O–H groups in total. The highest BCUT2D eigenvalue weighted by Gasteiger charge is 2.21. The molecule has 0 aromatic carbocycles. The molecule has 17 heavy (non-hydrogen) atoms. The molecule has 0 saturated carbocycles. The Labute approximate surface area is 97.5 Å². The normalized spacial score (nSPS) is 21.1. The Morgan fingerprint density at radius 3 is 3.06 bits per heavy atom. The molecule has 1 atom stereocenters. The van der Waals surface area contributed by atoms with E-state index in [1.54, 1.807) is 10.5 Å². The van der Waals surface area contributed by atoms with Crippen molar-refractivity contribution in [3.63, 3.8) is 0 Å². The molecule has 1 saturated heterocycles. The topological polar surface area (TPSA) is 53.7 Å². The van der Waals surface area contributed by atoms with Crippen molar-refractivity contribution < 1.29 is 9.50 Å². The Kier molecular flexibility index (Phi) is 2.44. The van der Waals surface area contributed by atoms with E-state index in [0.29, 0.717) is 18.1 Å². The van der Waals surface area contributed by atoms with Crippen LogP contribution in [0.2, 0.25) is 0 Å². The number of nitrogens with zero attached hydrogens (tertiary/aromatic N) is 4. The minimum atomic E-state index is -0.343. The summed E-state index contributed by atoms with van der Waals surface area (Å²) in [5.41, 5.74) is 0.612. The lowest BCUT2D eigenvalue weighted by atomic mass is 10.1. The van der Waals surface area contributed by atoms with Crippen molar-refractivity contribution in [2.75, 3.05) is 18.0 Å². The van der Waals surface area contributed by atoms with Gasteiger partial charge in [0.25, 0.3) is 0 Å². The maximum Gasteiger partial charge on any atom is 0.231 e. The highest BCUT2D eigenvalue weighted by molar-refractivity contribution is 5.46. The molecule has 0 spiro atoms. The third-order valence-electron chi connectivity index (χ3n) is 3.03. The number of piperidine rings is 1. The largest absolute Gasteiger partial charge is 0.391 e. The number of β-amino-alcohol motifs (C(OH)–C–C–N with tert-alkyl or cyclic N) is 1. The van der Waals surface area contributed by atoms with E-state index in [4.69, 9.17) is 0 Å². The van der Waals surface area contributed by atoms with Gasteiger partial charge in [-0.2, -0.15) is 0 Å². The second-order valence-electron chi connectivity index (χ2n) is 4.32. The van der Waals surface area contributed by atoms with Gasteiger partial charge in [0.15, 0.2) is 5.65 Å². The van der Waals surface area contributed by atoms with Crippen LogP contribution in [0.1, 0.15) is 12.8 Å². The maximum absolute atomic E-state index is 13.2. The summed E-state index contributed by atoms with van der Waals surface area (Å²) in [6, 6.07) is 2.95. The van der Waals surface area contributed by atoms with E-state index < -0.39 is 0 Å². The number of aliphatic hydroxyl groups excluding tert-OH is 1. The zero-order chi connectivity index (χ0) is 11.8. The predicted octanol–water partition coefficient (Wildman–Crippen LogP) is 0.829. The van der Waals surface area contributed by atoms with Gasteiger partial charge in [0.2, 0.25) is 5.95 Å². The molecule has 0 bridgehead atoms. The van der Waals surface area contributed by atoms with Gasteiger partial charge >= 0.3 is 0 Å². The van der Waals surface area contributed by atoms with Gasteiger partial charge in [-0.3, -0.25) is 4.40 Å². The standard InChI is InChI=1S/C11H13FN4O/c12-8-3-4-10-13-14-11(16(10)6-8)15-5-1-2-9(17)7-15/h3-4,6,9,17H,1-2,5,7H2. The van der Waals surface area contributed by atoms with E-state index in [-0.39, 0.29) is 11.9 Å². The zero-order valence-electron chi connectivity index (χ0n) is 9.25. The van der Waals surface area contributed by atoms with Crippen LogP contribution >= 0.6 is 0 Å². The van der Waals surface area contributed by atoms with Crippen molar-refractivity contribution in [2.24, 2.45) is 0 Å². The number of hydrogen-bond acceptors (Lipinski definition) is 4. The van der Waals surface area contributed by atoms with Gasteiger partial charge in [-0.05, 0) is 25.0 Å². The van der Waals surface area contributed by atoms with Crippen LogP contribution in [0.5, 0.6) is 0 Å². The van der Waals surface area contributed by atoms with Crippen LogP contribution in [0, 0.1) is 5.82 Å². The van der Waals surface area contributed by atoms with Crippen molar-refractivity contribution in [3.8, 4) is 0 Å². The SMILES string of the molecule is OC1CCCN(c2nnc3ccc(F)cn23)C1. The van der Waals surface area contributed by atoms with E-state index in [1.807, 2.05) is 4.90 Å². The number of aromatic nitrogens is 3. The summed E-state index contributed by atoms with van der Waals surface area (Å²) in [6.45, 7) is 1.34. The molecule has 5 nitrogen and oxygen atoms in total. The minimum absolute atomic E-state index is 0.323. The summed E-state index contributed by atoms with van der Waals surface area (Å²) >= 11 is 0. The molecule has 2 aromatic heterocycles. The lowest BCUT2D eigenvalue weighted by molar-refractivity contribution is 0.153. The summed E-state index contributed by atoms with van der Waals surface area (Å²) in [7, 11) is 0. The van der Waals surface area contributed by atoms with E-state index in [0.717, 1.165) is 19.4 Å². The number of aliphatic hydroxyl groups is 1. The van der Waals surface area contributed by atoms with Gasteiger partial charge in [0.05, 0.1) is 6.10 Å². The Bertz CT molecular complexity index is 541. The molecule has 3 heterocycles. The van der Waals surface area contributed by atoms with Gasteiger partial charge in [0, 0.05) is 19.3 Å². The van der Waals surface area contributed by atoms with Crippen LogP contribution in [0.4, 0.5) is 10.3 Å². The lowest BCUT2D eigenvalue weighted by Gasteiger charge is -2.29. The Balaban J connectivity index is 2.01. The molecule has 2 aromatic rings. The summed E-state index contributed by atoms with van der Waals surface area (Å²) < 4.78 is 14.8. The molecular formula is C11H13FN4O. The summed E-state index contributed by atoms with van der Waals surface area (Å²) in [5.74, 6) is 0.273. The van der Waals surface area contributed by atoms with Gasteiger partial charge in [-0.1, -0.05) is 0 Å². The molecule has 1 fully saturated rings. The minimum Gasteiger partial charge on any atom is -0.391 e. The molecule has 1 aliphatic heterocycles. The molecule has 0 amide bonds. The van der Waals surface area contributed by atoms with Crippen molar-refractivity contribution >= 4 is 11.6 Å². The van der Waals surface area contributed by atoms with E-state index in [1.165, 1.54) is 12.3 Å². The fourth-order valence-corrected chi connectivity index (χ4v) is 2.20. The quantitative estimate of drug-likeness (QED) is 0.796. The first-order valence-corrected chi connectivity index (χ1v) is 5.67. The number of hydrogen-bond donors (Lipinski definition) is 1. The lowest BCUT2D eigenvalue weighted by Crippen LogP contribution is -2.39. The molecule has 3 rings (SSSR count). The van der Waals surface area contributed by atoms with E-state index in [9.17, 15) is 9.50 Å². The first-order valence-electron chi connectivity index (χ1n) is 5.67. The summed E-state index contributed by atoms with van der Waals surface area (Å²) in [4.78, 5) is 1.94. The van der Waals surface area contributed by atoms with Crippen LogP contribution in [0.15, 0.2) is 18.3 Å². The molecule has 0 radical (unpaired) electrons. The maximum atomic E-state index is 13.2. The Hall–Kier alpha value is -1.69. The number of anilines is 1. The Morgan fingerprint density at radius 2 is 2.24 bits per heavy atom. The van der Waals surface area contributed by atoms with Crippen molar-refractivity contribution in [1.82, 2.24) is 14.6 Å². The average Bonchev–Trinajstić information content (AvgIpc) is 2.71. The highest BCUT2D eigenvalue weighted by Crippen LogP contribution is 2.19. The summed E-state index contributed by atoms with van der Waals surface area (Å²) in [6.07, 6.45) is 2.74. The first-order chi connectivity index (χ1) is 8.24. The number of pyridine rings is 1. The van der Waals surface area contributed by atoms with Crippen molar-refractivity contribution in [2.45, 2.75) is 18.9 Å². The van der Waals surface area contributed by atoms with Crippen LogP contribution in [-0.4, -0.2) is 38.9 Å². The van der Waals surface area contributed by atoms with Crippen LogP contribution in [0.25, 0.3) is 5.65 Å². The zero-order valence-corrected chi connectivity index (χ0v) is 9.25.